The van der Waals surface area contributed by atoms with Crippen molar-refractivity contribution >= 4 is 5.97 Å². The van der Waals surface area contributed by atoms with Gasteiger partial charge in [0.15, 0.2) is 0 Å². The van der Waals surface area contributed by atoms with Crippen LogP contribution in [0.5, 0.6) is 0 Å². The molecule has 0 N–H and O–H groups in total. The topological polar surface area (TPSA) is 26.3 Å². The molecule has 0 saturated carbocycles. The number of rotatable bonds is 0. The number of allylic oxidation sites excluding steroid dienone is 1. The van der Waals surface area contributed by atoms with E-state index in [0.717, 1.165) is 6.42 Å². The average molecular weight is 128 g/mol. The lowest BCUT2D eigenvalue weighted by atomic mass is 10.4. The van der Waals surface area contributed by atoms with Crippen molar-refractivity contribution in [3.63, 3.8) is 0 Å². The lowest BCUT2D eigenvalue weighted by Gasteiger charge is -1.81. The van der Waals surface area contributed by atoms with Gasteiger partial charge in [-0.25, -0.2) is 0 Å². The van der Waals surface area contributed by atoms with Crippen LogP contribution in [0.15, 0.2) is 12.7 Å². The van der Waals surface area contributed by atoms with Crippen molar-refractivity contribution in [2.24, 2.45) is 0 Å². The number of hydrogen-bond donors (Lipinski definition) is 0. The number of esters is 1. The summed E-state index contributed by atoms with van der Waals surface area (Å²) in [6, 6.07) is 0. The van der Waals surface area contributed by atoms with Gasteiger partial charge in [-0.2, -0.15) is 0 Å². The van der Waals surface area contributed by atoms with E-state index >= 15 is 0 Å². The third kappa shape index (κ3) is 5.07. The van der Waals surface area contributed by atoms with Crippen LogP contribution < -0.4 is 0 Å². The molecule has 1 rings (SSSR count). The normalized spacial score (nSPS) is 15.4. The molecule has 0 aromatic heterocycles. The molecule has 0 aromatic rings. The van der Waals surface area contributed by atoms with Crippen molar-refractivity contribution in [3.8, 4) is 0 Å². The van der Waals surface area contributed by atoms with E-state index in [2.05, 4.69) is 11.3 Å². The van der Waals surface area contributed by atoms with Gasteiger partial charge >= 0.3 is 5.97 Å². The van der Waals surface area contributed by atoms with Crippen molar-refractivity contribution in [1.29, 1.82) is 0 Å². The van der Waals surface area contributed by atoms with Crippen LogP contribution in [0, 0.1) is 0 Å². The molecule has 1 aliphatic heterocycles. The molecule has 0 spiro atoms. The zero-order valence-electron chi connectivity index (χ0n) is 5.72. The van der Waals surface area contributed by atoms with E-state index < -0.39 is 0 Å². The second-order valence-corrected chi connectivity index (χ2v) is 1.73. The summed E-state index contributed by atoms with van der Waals surface area (Å²) in [6.45, 7) is 5.89. The van der Waals surface area contributed by atoms with Gasteiger partial charge in [0.05, 0.1) is 6.61 Å². The van der Waals surface area contributed by atoms with Crippen LogP contribution in [0.3, 0.4) is 0 Å². The zero-order valence-corrected chi connectivity index (χ0v) is 5.72. The first kappa shape index (κ1) is 8.21. The van der Waals surface area contributed by atoms with Crippen molar-refractivity contribution in [2.75, 3.05) is 6.61 Å². The summed E-state index contributed by atoms with van der Waals surface area (Å²) in [5.74, 6) is -0.0463. The Hall–Kier alpha value is -0.790. The molecule has 9 heavy (non-hydrogen) atoms. The second-order valence-electron chi connectivity index (χ2n) is 1.73. The molecule has 1 fully saturated rings. The van der Waals surface area contributed by atoms with Crippen LogP contribution in [-0.4, -0.2) is 12.6 Å². The van der Waals surface area contributed by atoms with E-state index in [1.807, 2.05) is 6.92 Å². The highest BCUT2D eigenvalue weighted by Crippen LogP contribution is 2.01. The Kier molecular flexibility index (Phi) is 4.88. The molecule has 0 aliphatic carbocycles. The maximum atomic E-state index is 10.0. The van der Waals surface area contributed by atoms with Gasteiger partial charge in [0.2, 0.25) is 0 Å². The number of ether oxygens (including phenoxy) is 1. The second kappa shape index (κ2) is 5.35. The van der Waals surface area contributed by atoms with Crippen molar-refractivity contribution in [3.05, 3.63) is 12.7 Å². The van der Waals surface area contributed by atoms with Crippen LogP contribution in [0.1, 0.15) is 19.8 Å². The Morgan fingerprint density at radius 2 is 2.33 bits per heavy atom. The highest BCUT2D eigenvalue weighted by atomic mass is 16.5. The van der Waals surface area contributed by atoms with E-state index in [1.54, 1.807) is 6.08 Å². The van der Waals surface area contributed by atoms with Gasteiger partial charge in [-0.3, -0.25) is 4.79 Å². The van der Waals surface area contributed by atoms with Gasteiger partial charge in [0.25, 0.3) is 0 Å². The maximum absolute atomic E-state index is 10.0. The fourth-order valence-corrected chi connectivity index (χ4v) is 0.475. The van der Waals surface area contributed by atoms with Crippen LogP contribution in [0.25, 0.3) is 0 Å². The zero-order chi connectivity index (χ0) is 7.11. The van der Waals surface area contributed by atoms with Crippen molar-refractivity contribution in [1.82, 2.24) is 0 Å². The van der Waals surface area contributed by atoms with E-state index in [-0.39, 0.29) is 5.97 Å². The molecule has 52 valence electrons. The summed E-state index contributed by atoms with van der Waals surface area (Å²) >= 11 is 0. The number of carbonyl (C=O) groups excluding carboxylic acids is 1. The van der Waals surface area contributed by atoms with Crippen LogP contribution in [-0.2, 0) is 9.53 Å². The molecule has 0 radical (unpaired) electrons. The van der Waals surface area contributed by atoms with Gasteiger partial charge in [0, 0.05) is 6.42 Å². The standard InChI is InChI=1S/C4H6O2.C3H6/c5-4-2-1-3-6-4;1-3-2/h1-3H2;3H,1H2,2H3. The lowest BCUT2D eigenvalue weighted by Crippen LogP contribution is -1.88. The van der Waals surface area contributed by atoms with E-state index in [0.29, 0.717) is 13.0 Å². The minimum atomic E-state index is -0.0463. The van der Waals surface area contributed by atoms with Gasteiger partial charge in [-0.05, 0) is 13.3 Å². The molecular formula is C7H12O2. The number of cyclic esters (lactones) is 1. The summed E-state index contributed by atoms with van der Waals surface area (Å²) in [5, 5.41) is 0. The Morgan fingerprint density at radius 1 is 1.78 bits per heavy atom. The highest BCUT2D eigenvalue weighted by molar-refractivity contribution is 5.70. The van der Waals surface area contributed by atoms with Gasteiger partial charge in [-0.1, -0.05) is 6.08 Å². The summed E-state index contributed by atoms with van der Waals surface area (Å²) < 4.78 is 4.51. The third-order valence-corrected chi connectivity index (χ3v) is 0.788. The Morgan fingerprint density at radius 3 is 2.44 bits per heavy atom. The van der Waals surface area contributed by atoms with Gasteiger partial charge < -0.3 is 4.74 Å². The molecule has 0 bridgehead atoms. The van der Waals surface area contributed by atoms with E-state index in [9.17, 15) is 4.79 Å². The molecular weight excluding hydrogens is 116 g/mol. The Balaban J connectivity index is 0.000000187. The van der Waals surface area contributed by atoms with E-state index in [4.69, 9.17) is 0 Å². The molecule has 0 atom stereocenters. The third-order valence-electron chi connectivity index (χ3n) is 0.788. The van der Waals surface area contributed by atoms with Crippen molar-refractivity contribution < 1.29 is 9.53 Å². The number of hydrogen-bond acceptors (Lipinski definition) is 2. The van der Waals surface area contributed by atoms with Gasteiger partial charge in [0.1, 0.15) is 0 Å². The predicted molar refractivity (Wildman–Crippen MR) is 36.1 cm³/mol. The molecule has 1 heterocycles. The largest absolute Gasteiger partial charge is 0.466 e. The minimum Gasteiger partial charge on any atom is -0.466 e. The molecule has 0 unspecified atom stereocenters. The summed E-state index contributed by atoms with van der Waals surface area (Å²) in [5.41, 5.74) is 0. The maximum Gasteiger partial charge on any atom is 0.305 e. The lowest BCUT2D eigenvalue weighted by molar-refractivity contribution is -0.137. The molecule has 0 amide bonds. The van der Waals surface area contributed by atoms with Gasteiger partial charge in [-0.15, -0.1) is 6.58 Å². The Labute approximate surface area is 55.5 Å². The molecule has 2 heteroatoms. The fourth-order valence-electron chi connectivity index (χ4n) is 0.475. The fraction of sp³-hybridized carbons (Fsp3) is 0.571. The minimum absolute atomic E-state index is 0.0463. The number of carbonyl (C=O) groups is 1. The quantitative estimate of drug-likeness (QED) is 0.365. The molecule has 0 aromatic carbocycles. The van der Waals surface area contributed by atoms with Crippen LogP contribution in [0.4, 0.5) is 0 Å². The highest BCUT2D eigenvalue weighted by Gasteiger charge is 2.08. The Bertz CT molecular complexity index is 89.1. The smallest absolute Gasteiger partial charge is 0.305 e. The SMILES string of the molecule is C=CC.O=C1CCCO1. The van der Waals surface area contributed by atoms with Crippen LogP contribution >= 0.6 is 0 Å². The first-order valence-corrected chi connectivity index (χ1v) is 3.04. The van der Waals surface area contributed by atoms with Crippen LogP contribution in [0.2, 0.25) is 0 Å². The monoisotopic (exact) mass is 128 g/mol. The molecule has 1 aliphatic rings. The predicted octanol–water partition coefficient (Wildman–Crippen LogP) is 1.52. The summed E-state index contributed by atoms with van der Waals surface area (Å²) in [7, 11) is 0. The average Bonchev–Trinajstić information content (AvgIpc) is 2.20. The van der Waals surface area contributed by atoms with E-state index in [1.165, 1.54) is 0 Å². The summed E-state index contributed by atoms with van der Waals surface area (Å²) in [4.78, 5) is 10.0. The summed E-state index contributed by atoms with van der Waals surface area (Å²) in [6.07, 6.45) is 3.29. The first-order valence-electron chi connectivity index (χ1n) is 3.04. The first-order chi connectivity index (χ1) is 4.31. The van der Waals surface area contributed by atoms with Crippen molar-refractivity contribution in [2.45, 2.75) is 19.8 Å². The molecule has 2 nitrogen and oxygen atoms in total. The molecule has 1 saturated heterocycles.